The number of hydrogen-bond donors (Lipinski definition) is 2. The summed E-state index contributed by atoms with van der Waals surface area (Å²) in [6, 6.07) is 3.34. The van der Waals surface area contributed by atoms with Gasteiger partial charge in [0, 0.05) is 26.1 Å². The lowest BCUT2D eigenvalue weighted by Gasteiger charge is -2.23. The van der Waals surface area contributed by atoms with Gasteiger partial charge in [-0.15, -0.1) is 0 Å². The van der Waals surface area contributed by atoms with Gasteiger partial charge in [-0.05, 0) is 36.5 Å². The Kier molecular flexibility index (Phi) is 4.80. The number of amides is 2. The van der Waals surface area contributed by atoms with Gasteiger partial charge in [0.25, 0.3) is 0 Å². The number of hydrogen-bond acceptors (Lipinski definition) is 4. The SMILES string of the molecule is O=C(NCc1cc(Cl)c2c(c1)OCCCO2)N1C[C@@H]2CCC[C@@]2(C(=O)O)C1. The van der Waals surface area contributed by atoms with E-state index in [9.17, 15) is 14.7 Å². The standard InChI is InChI=1S/C19H23ClN2O5/c20-14-7-12(8-15-16(14)27-6-2-5-26-15)9-21-18(25)22-10-13-3-1-4-19(13,11-22)17(23)24/h7-8,13H,1-6,9-11H2,(H,21,25)(H,23,24)/t13-,19+/m0/s1. The van der Waals surface area contributed by atoms with Crippen LogP contribution in [0.3, 0.4) is 0 Å². The molecule has 0 radical (unpaired) electrons. The minimum Gasteiger partial charge on any atom is -0.489 e. The van der Waals surface area contributed by atoms with E-state index in [-0.39, 0.29) is 25.0 Å². The second-order valence-electron chi connectivity index (χ2n) is 7.55. The summed E-state index contributed by atoms with van der Waals surface area (Å²) in [4.78, 5) is 26.0. The van der Waals surface area contributed by atoms with Crippen molar-refractivity contribution in [2.24, 2.45) is 11.3 Å². The quantitative estimate of drug-likeness (QED) is 0.823. The van der Waals surface area contributed by atoms with Gasteiger partial charge in [-0.25, -0.2) is 4.79 Å². The van der Waals surface area contributed by atoms with E-state index >= 15 is 0 Å². The van der Waals surface area contributed by atoms with Crippen molar-refractivity contribution in [1.29, 1.82) is 0 Å². The van der Waals surface area contributed by atoms with Gasteiger partial charge in [0.1, 0.15) is 0 Å². The van der Waals surface area contributed by atoms with Crippen LogP contribution in [0.2, 0.25) is 5.02 Å². The van der Waals surface area contributed by atoms with Crippen molar-refractivity contribution in [2.75, 3.05) is 26.3 Å². The second-order valence-corrected chi connectivity index (χ2v) is 7.95. The van der Waals surface area contributed by atoms with Gasteiger partial charge in [0.15, 0.2) is 11.5 Å². The molecule has 2 N–H and O–H groups in total. The van der Waals surface area contributed by atoms with Gasteiger partial charge >= 0.3 is 12.0 Å². The molecule has 1 aromatic rings. The Morgan fingerprint density at radius 1 is 1.30 bits per heavy atom. The Morgan fingerprint density at radius 2 is 2.11 bits per heavy atom. The number of ether oxygens (including phenoxy) is 2. The highest BCUT2D eigenvalue weighted by Crippen LogP contribution is 2.48. The van der Waals surface area contributed by atoms with Gasteiger partial charge in [-0.3, -0.25) is 4.79 Å². The molecule has 0 aromatic heterocycles. The smallest absolute Gasteiger partial charge is 0.317 e. The van der Waals surface area contributed by atoms with Crippen LogP contribution in [0.1, 0.15) is 31.2 Å². The number of fused-ring (bicyclic) bond motifs is 2. The lowest BCUT2D eigenvalue weighted by atomic mass is 9.81. The molecule has 4 rings (SSSR count). The first kappa shape index (κ1) is 18.2. The molecule has 2 atom stereocenters. The van der Waals surface area contributed by atoms with Crippen LogP contribution < -0.4 is 14.8 Å². The van der Waals surface area contributed by atoms with Crippen LogP contribution in [0.25, 0.3) is 0 Å². The van der Waals surface area contributed by atoms with Gasteiger partial charge in [0.05, 0.1) is 23.7 Å². The van der Waals surface area contributed by atoms with Crippen LogP contribution in [0.5, 0.6) is 11.5 Å². The number of rotatable bonds is 3. The number of carbonyl (C=O) groups is 2. The van der Waals surface area contributed by atoms with Crippen molar-refractivity contribution in [2.45, 2.75) is 32.2 Å². The van der Waals surface area contributed by atoms with Crippen molar-refractivity contribution in [1.82, 2.24) is 10.2 Å². The van der Waals surface area contributed by atoms with Crippen molar-refractivity contribution in [3.63, 3.8) is 0 Å². The molecule has 0 unspecified atom stereocenters. The third kappa shape index (κ3) is 3.29. The maximum Gasteiger partial charge on any atom is 0.317 e. The summed E-state index contributed by atoms with van der Waals surface area (Å²) in [5.74, 6) is 0.396. The predicted octanol–water partition coefficient (Wildman–Crippen LogP) is 2.90. The minimum absolute atomic E-state index is 0.0493. The van der Waals surface area contributed by atoms with E-state index in [0.29, 0.717) is 42.7 Å². The summed E-state index contributed by atoms with van der Waals surface area (Å²) < 4.78 is 11.3. The number of nitrogens with zero attached hydrogens (tertiary/aromatic N) is 1. The third-order valence-corrected chi connectivity index (χ3v) is 6.17. The van der Waals surface area contributed by atoms with Crippen molar-refractivity contribution in [3.05, 3.63) is 22.7 Å². The molecule has 2 fully saturated rings. The average Bonchev–Trinajstić information content (AvgIpc) is 3.10. The minimum atomic E-state index is -0.782. The third-order valence-electron chi connectivity index (χ3n) is 5.89. The summed E-state index contributed by atoms with van der Waals surface area (Å²) >= 11 is 6.29. The van der Waals surface area contributed by atoms with Crippen LogP contribution in [0.15, 0.2) is 12.1 Å². The molecule has 1 aromatic carbocycles. The summed E-state index contributed by atoms with van der Waals surface area (Å²) in [7, 11) is 0. The topological polar surface area (TPSA) is 88.1 Å². The maximum absolute atomic E-state index is 12.6. The molecule has 7 nitrogen and oxygen atoms in total. The largest absolute Gasteiger partial charge is 0.489 e. The Hall–Kier alpha value is -2.15. The fourth-order valence-electron chi connectivity index (χ4n) is 4.47. The summed E-state index contributed by atoms with van der Waals surface area (Å²) in [6.07, 6.45) is 3.23. The summed E-state index contributed by atoms with van der Waals surface area (Å²) in [6.45, 7) is 2.19. The Bertz CT molecular complexity index is 771. The lowest BCUT2D eigenvalue weighted by molar-refractivity contribution is -0.149. The maximum atomic E-state index is 12.6. The Morgan fingerprint density at radius 3 is 2.89 bits per heavy atom. The molecule has 3 aliphatic rings. The van der Waals surface area contributed by atoms with E-state index in [2.05, 4.69) is 5.32 Å². The molecule has 27 heavy (non-hydrogen) atoms. The van der Waals surface area contributed by atoms with Crippen LogP contribution in [-0.4, -0.2) is 48.3 Å². The summed E-state index contributed by atoms with van der Waals surface area (Å²) in [5.41, 5.74) is 0.0422. The molecule has 2 aliphatic heterocycles. The number of aliphatic carboxylic acids is 1. The summed E-state index contributed by atoms with van der Waals surface area (Å²) in [5, 5.41) is 13.0. The van der Waals surface area contributed by atoms with Gasteiger partial charge in [-0.1, -0.05) is 18.0 Å². The van der Waals surface area contributed by atoms with Crippen LogP contribution in [-0.2, 0) is 11.3 Å². The zero-order valence-electron chi connectivity index (χ0n) is 15.0. The molecular formula is C19H23ClN2O5. The Balaban J connectivity index is 1.41. The van der Waals surface area contributed by atoms with Gasteiger partial charge in [-0.2, -0.15) is 0 Å². The molecule has 8 heteroatoms. The molecule has 2 amide bonds. The highest BCUT2D eigenvalue weighted by molar-refractivity contribution is 6.32. The molecule has 0 bridgehead atoms. The van der Waals surface area contributed by atoms with Crippen LogP contribution in [0.4, 0.5) is 4.79 Å². The molecular weight excluding hydrogens is 372 g/mol. The molecule has 1 saturated carbocycles. The van der Waals surface area contributed by atoms with Crippen LogP contribution >= 0.6 is 11.6 Å². The number of urea groups is 1. The highest BCUT2D eigenvalue weighted by atomic mass is 35.5. The first-order valence-corrected chi connectivity index (χ1v) is 9.71. The fourth-order valence-corrected chi connectivity index (χ4v) is 4.76. The molecule has 1 aliphatic carbocycles. The zero-order chi connectivity index (χ0) is 19.0. The normalized spacial score (nSPS) is 26.4. The van der Waals surface area contributed by atoms with Crippen molar-refractivity contribution >= 4 is 23.6 Å². The number of carboxylic acid groups (broad SMARTS) is 1. The molecule has 1 saturated heterocycles. The molecule has 0 spiro atoms. The average molecular weight is 395 g/mol. The van der Waals surface area contributed by atoms with Crippen molar-refractivity contribution in [3.8, 4) is 11.5 Å². The lowest BCUT2D eigenvalue weighted by Crippen LogP contribution is -2.41. The van der Waals surface area contributed by atoms with E-state index in [1.807, 2.05) is 6.07 Å². The van der Waals surface area contributed by atoms with E-state index in [4.69, 9.17) is 21.1 Å². The zero-order valence-corrected chi connectivity index (χ0v) is 15.8. The second kappa shape index (κ2) is 7.11. The van der Waals surface area contributed by atoms with E-state index in [0.717, 1.165) is 24.8 Å². The highest BCUT2D eigenvalue weighted by Gasteiger charge is 2.55. The number of halogens is 1. The van der Waals surface area contributed by atoms with Crippen molar-refractivity contribution < 1.29 is 24.2 Å². The number of carbonyl (C=O) groups excluding carboxylic acids is 1. The molecule has 2 heterocycles. The van der Waals surface area contributed by atoms with Gasteiger partial charge < -0.3 is 24.8 Å². The molecule has 146 valence electrons. The predicted molar refractivity (Wildman–Crippen MR) is 98.3 cm³/mol. The Labute approximate surface area is 162 Å². The number of likely N-dealkylation sites (tertiary alicyclic amines) is 1. The monoisotopic (exact) mass is 394 g/mol. The van der Waals surface area contributed by atoms with E-state index < -0.39 is 11.4 Å². The number of benzene rings is 1. The number of nitrogens with one attached hydrogen (secondary N) is 1. The fraction of sp³-hybridized carbons (Fsp3) is 0.579. The number of carboxylic acids is 1. The first-order valence-electron chi connectivity index (χ1n) is 9.34. The first-order chi connectivity index (χ1) is 13.0. The van der Waals surface area contributed by atoms with Crippen LogP contribution in [0, 0.1) is 11.3 Å². The van der Waals surface area contributed by atoms with E-state index in [1.54, 1.807) is 11.0 Å². The van der Waals surface area contributed by atoms with E-state index in [1.165, 1.54) is 0 Å². The van der Waals surface area contributed by atoms with Gasteiger partial charge in [0.2, 0.25) is 0 Å².